The number of carbonyl (C=O) groups excluding carboxylic acids is 6. The fourth-order valence-corrected chi connectivity index (χ4v) is 7.43. The third-order valence-electron chi connectivity index (χ3n) is 7.72. The van der Waals surface area contributed by atoms with Crippen molar-refractivity contribution in [2.24, 2.45) is 0 Å². The summed E-state index contributed by atoms with van der Waals surface area (Å²) in [5, 5.41) is 5.80. The maximum absolute atomic E-state index is 13.6. The molecule has 14 heteroatoms. The number of thiophene rings is 2. The molecular weight excluding hydrogens is 681 g/mol. The first-order valence-corrected chi connectivity index (χ1v) is 18.2. The second-order valence-electron chi connectivity index (χ2n) is 11.9. The van der Waals surface area contributed by atoms with Crippen LogP contribution in [-0.2, 0) is 9.47 Å². The largest absolute Gasteiger partial charge is 0.459 e. The van der Waals surface area contributed by atoms with Crippen LogP contribution in [0.3, 0.4) is 0 Å². The molecular formula is C36H46N4O8S2. The minimum absolute atomic E-state index is 0.0883. The second kappa shape index (κ2) is 17.4. The summed E-state index contributed by atoms with van der Waals surface area (Å²) < 4.78 is 10.9. The SMILES string of the molecule is CCN(CC)C(=O)c1sc(NC(=O)c2cccc(C(=O)Nc3sc(C(=O)N(CC)CC)c(C)c3C(=O)OC(C)C)c2)c(C(=O)OC(C)C)c1C. The molecule has 2 aromatic heterocycles. The predicted molar refractivity (Wildman–Crippen MR) is 196 cm³/mol. The maximum Gasteiger partial charge on any atom is 0.341 e. The number of ether oxygens (including phenoxy) is 2. The van der Waals surface area contributed by atoms with Gasteiger partial charge in [-0.15, -0.1) is 22.7 Å². The van der Waals surface area contributed by atoms with Crippen LogP contribution in [0.15, 0.2) is 24.3 Å². The summed E-state index contributed by atoms with van der Waals surface area (Å²) in [4.78, 5) is 83.9. The number of nitrogens with one attached hydrogen (secondary N) is 2. The van der Waals surface area contributed by atoms with Crippen LogP contribution in [0.5, 0.6) is 0 Å². The van der Waals surface area contributed by atoms with E-state index in [0.717, 1.165) is 22.7 Å². The van der Waals surface area contributed by atoms with Crippen molar-refractivity contribution in [1.82, 2.24) is 9.80 Å². The van der Waals surface area contributed by atoms with E-state index in [0.29, 0.717) is 47.1 Å². The van der Waals surface area contributed by atoms with Gasteiger partial charge in [0.2, 0.25) is 0 Å². The number of carbonyl (C=O) groups is 6. The summed E-state index contributed by atoms with van der Waals surface area (Å²) in [7, 11) is 0. The van der Waals surface area contributed by atoms with Crippen LogP contribution >= 0.6 is 22.7 Å². The van der Waals surface area contributed by atoms with Gasteiger partial charge in [0.25, 0.3) is 23.6 Å². The van der Waals surface area contributed by atoms with Crippen molar-refractivity contribution in [3.8, 4) is 0 Å². The number of hydrogen-bond donors (Lipinski definition) is 2. The van der Waals surface area contributed by atoms with Crippen LogP contribution in [0.25, 0.3) is 0 Å². The van der Waals surface area contributed by atoms with Crippen molar-refractivity contribution in [2.75, 3.05) is 36.8 Å². The van der Waals surface area contributed by atoms with Gasteiger partial charge in [-0.25, -0.2) is 9.59 Å². The van der Waals surface area contributed by atoms with Gasteiger partial charge in [0, 0.05) is 37.3 Å². The van der Waals surface area contributed by atoms with E-state index in [-0.39, 0.29) is 44.1 Å². The summed E-state index contributed by atoms with van der Waals surface area (Å²) in [6.45, 7) is 19.4. The number of anilines is 2. The van der Waals surface area contributed by atoms with E-state index >= 15 is 0 Å². The molecule has 3 rings (SSSR count). The Bertz CT molecular complexity index is 1640. The van der Waals surface area contributed by atoms with Crippen molar-refractivity contribution in [3.05, 3.63) is 67.4 Å². The lowest BCUT2D eigenvalue weighted by atomic mass is 10.1. The Labute approximate surface area is 301 Å². The first-order valence-electron chi connectivity index (χ1n) is 16.6. The Morgan fingerprint density at radius 3 is 1.28 bits per heavy atom. The third kappa shape index (κ3) is 8.96. The van der Waals surface area contributed by atoms with Gasteiger partial charge in [-0.1, -0.05) is 6.07 Å². The first kappa shape index (κ1) is 39.9. The maximum atomic E-state index is 13.6. The van der Waals surface area contributed by atoms with E-state index in [4.69, 9.17) is 9.47 Å². The molecule has 2 heterocycles. The van der Waals surface area contributed by atoms with E-state index in [9.17, 15) is 28.8 Å². The fourth-order valence-electron chi connectivity index (χ4n) is 5.11. The zero-order chi connectivity index (χ0) is 37.4. The summed E-state index contributed by atoms with van der Waals surface area (Å²) in [6, 6.07) is 5.90. The molecule has 0 radical (unpaired) electrons. The van der Waals surface area contributed by atoms with Crippen molar-refractivity contribution in [1.29, 1.82) is 0 Å². The molecule has 0 saturated carbocycles. The van der Waals surface area contributed by atoms with Gasteiger partial charge in [0.1, 0.15) is 10.0 Å². The molecule has 0 fully saturated rings. The summed E-state index contributed by atoms with van der Waals surface area (Å²) in [6.07, 6.45) is -0.873. The zero-order valence-electron chi connectivity index (χ0n) is 30.3. The third-order valence-corrected chi connectivity index (χ3v) is 10.1. The minimum Gasteiger partial charge on any atom is -0.459 e. The quantitative estimate of drug-likeness (QED) is 0.168. The van der Waals surface area contributed by atoms with Gasteiger partial charge in [-0.05, 0) is 98.6 Å². The Kier molecular flexibility index (Phi) is 13.9. The normalized spacial score (nSPS) is 11.0. The number of rotatable bonds is 14. The molecule has 12 nitrogen and oxygen atoms in total. The average Bonchev–Trinajstić information content (AvgIpc) is 3.56. The lowest BCUT2D eigenvalue weighted by Gasteiger charge is -2.18. The van der Waals surface area contributed by atoms with Crippen molar-refractivity contribution >= 4 is 68.2 Å². The highest BCUT2D eigenvalue weighted by Crippen LogP contribution is 2.37. The molecule has 0 atom stereocenters. The topological polar surface area (TPSA) is 151 Å². The molecule has 3 aromatic rings. The molecule has 2 N–H and O–H groups in total. The Balaban J connectivity index is 1.98. The van der Waals surface area contributed by atoms with Crippen LogP contribution in [0.4, 0.5) is 10.0 Å². The standard InChI is InChI=1S/C36H46N4O8S2/c1-11-39(12-2)33(43)27-21(9)25(35(45)47-19(5)6)31(49-27)37-29(41)23-16-15-17-24(18-23)30(42)38-32-26(36(46)48-20(7)8)22(10)28(50-32)34(44)40(13-3)14-4/h15-20H,11-14H2,1-10H3,(H,37,41)(H,38,42). The lowest BCUT2D eigenvalue weighted by Crippen LogP contribution is -2.30. The highest BCUT2D eigenvalue weighted by atomic mass is 32.1. The molecule has 0 aliphatic rings. The highest BCUT2D eigenvalue weighted by molar-refractivity contribution is 7.19. The van der Waals surface area contributed by atoms with Gasteiger partial charge in [-0.3, -0.25) is 19.2 Å². The average molecular weight is 727 g/mol. The molecule has 0 unspecified atom stereocenters. The zero-order valence-corrected chi connectivity index (χ0v) is 31.9. The highest BCUT2D eigenvalue weighted by Gasteiger charge is 2.31. The predicted octanol–water partition coefficient (Wildman–Crippen LogP) is 7.03. The molecule has 0 aliphatic heterocycles. The van der Waals surface area contributed by atoms with Gasteiger partial charge >= 0.3 is 11.9 Å². The molecule has 0 spiro atoms. The number of hydrogen-bond acceptors (Lipinski definition) is 10. The fraction of sp³-hybridized carbons (Fsp3) is 0.444. The molecule has 50 heavy (non-hydrogen) atoms. The van der Waals surface area contributed by atoms with Gasteiger partial charge in [0.15, 0.2) is 0 Å². The van der Waals surface area contributed by atoms with Gasteiger partial charge in [-0.2, -0.15) is 0 Å². The van der Waals surface area contributed by atoms with Gasteiger partial charge < -0.3 is 29.9 Å². The number of benzene rings is 1. The van der Waals surface area contributed by atoms with Crippen LogP contribution in [0.2, 0.25) is 0 Å². The van der Waals surface area contributed by atoms with Crippen LogP contribution in [0, 0.1) is 13.8 Å². The van der Waals surface area contributed by atoms with Crippen molar-refractivity contribution in [2.45, 2.75) is 81.4 Å². The van der Waals surface area contributed by atoms with Crippen molar-refractivity contribution < 1.29 is 38.2 Å². The van der Waals surface area contributed by atoms with E-state index in [2.05, 4.69) is 10.6 Å². The lowest BCUT2D eigenvalue weighted by molar-refractivity contribution is 0.0367. The van der Waals surface area contributed by atoms with E-state index in [1.54, 1.807) is 51.3 Å². The summed E-state index contributed by atoms with van der Waals surface area (Å²) in [5.41, 5.74) is 1.18. The van der Waals surface area contributed by atoms with E-state index in [1.165, 1.54) is 24.3 Å². The molecule has 4 amide bonds. The first-order chi connectivity index (χ1) is 23.6. The number of amides is 4. The molecule has 0 saturated heterocycles. The van der Waals surface area contributed by atoms with Crippen LogP contribution in [0.1, 0.15) is 127 Å². The monoisotopic (exact) mass is 726 g/mol. The Morgan fingerprint density at radius 2 is 0.980 bits per heavy atom. The van der Waals surface area contributed by atoms with Gasteiger partial charge in [0.05, 0.1) is 33.1 Å². The van der Waals surface area contributed by atoms with Crippen molar-refractivity contribution in [3.63, 3.8) is 0 Å². The number of esters is 2. The second-order valence-corrected chi connectivity index (χ2v) is 13.9. The van der Waals surface area contributed by atoms with Crippen LogP contribution < -0.4 is 10.6 Å². The minimum atomic E-state index is -0.673. The van der Waals surface area contributed by atoms with E-state index < -0.39 is 36.0 Å². The Morgan fingerprint density at radius 1 is 0.640 bits per heavy atom. The molecule has 1 aromatic carbocycles. The number of nitrogens with zero attached hydrogens (tertiary/aromatic N) is 2. The summed E-state index contributed by atoms with van der Waals surface area (Å²) in [5.74, 6) is -3.13. The summed E-state index contributed by atoms with van der Waals surface area (Å²) >= 11 is 1.97. The molecule has 270 valence electrons. The molecule has 0 bridgehead atoms. The Hall–Kier alpha value is -4.56. The molecule has 0 aliphatic carbocycles. The van der Waals surface area contributed by atoms with Crippen LogP contribution in [-0.4, -0.2) is 83.8 Å². The van der Waals surface area contributed by atoms with E-state index in [1.807, 2.05) is 27.7 Å². The smallest absolute Gasteiger partial charge is 0.341 e.